The summed E-state index contributed by atoms with van der Waals surface area (Å²) in [6.45, 7) is 3.38. The van der Waals surface area contributed by atoms with Crippen molar-refractivity contribution >= 4 is 40.4 Å². The first-order chi connectivity index (χ1) is 15.5. The topological polar surface area (TPSA) is 86.5 Å². The molecule has 32 heavy (non-hydrogen) atoms. The van der Waals surface area contributed by atoms with Gasteiger partial charge in [0.15, 0.2) is 0 Å². The van der Waals surface area contributed by atoms with Crippen LogP contribution in [-0.4, -0.2) is 39.8 Å². The molecule has 166 valence electrons. The molecule has 1 aromatic carbocycles. The number of rotatable bonds is 8. The Morgan fingerprint density at radius 2 is 2.19 bits per heavy atom. The molecule has 0 spiro atoms. The van der Waals surface area contributed by atoms with Crippen LogP contribution in [0.4, 0.5) is 0 Å². The van der Waals surface area contributed by atoms with Gasteiger partial charge in [-0.15, -0.1) is 11.3 Å². The summed E-state index contributed by atoms with van der Waals surface area (Å²) in [5, 5.41) is 13.3. The van der Waals surface area contributed by atoms with Gasteiger partial charge in [-0.25, -0.2) is 4.57 Å². The molecule has 1 aliphatic rings. The second-order valence-corrected chi connectivity index (χ2v) is 8.68. The van der Waals surface area contributed by atoms with Gasteiger partial charge in [-0.3, -0.25) is 14.6 Å². The summed E-state index contributed by atoms with van der Waals surface area (Å²) in [6, 6.07) is 7.91. The van der Waals surface area contributed by atoms with Crippen LogP contribution in [0, 0.1) is 0 Å². The van der Waals surface area contributed by atoms with E-state index in [4.69, 9.17) is 16.3 Å². The van der Waals surface area contributed by atoms with Crippen molar-refractivity contribution in [2.45, 2.75) is 25.9 Å². The number of H-pyrrole nitrogens is 1. The molecule has 7 nitrogen and oxygen atoms in total. The lowest BCUT2D eigenvalue weighted by Crippen LogP contribution is -2.35. The predicted molar refractivity (Wildman–Crippen MR) is 122 cm³/mol. The molecule has 0 radical (unpaired) electrons. The third-order valence-electron chi connectivity index (χ3n) is 5.28. The quantitative estimate of drug-likeness (QED) is 0.225. The standard InChI is InChI=1S/C23H22ClN3O4S/c1-2-31-17-7-6-15(13-16(17)24)21(28)19-20(18-5-3-12-32-18)27(23(30)22(19)29)10-4-9-26-11-8-25-14-26/h3,5-8,11-14,20H,2,4,9-10H2,1H3,(H,28,29)/p+1. The van der Waals surface area contributed by atoms with Crippen molar-refractivity contribution in [1.29, 1.82) is 0 Å². The minimum absolute atomic E-state index is 0.0759. The Morgan fingerprint density at radius 1 is 1.34 bits per heavy atom. The zero-order valence-electron chi connectivity index (χ0n) is 17.5. The molecule has 0 aliphatic carbocycles. The van der Waals surface area contributed by atoms with Crippen molar-refractivity contribution in [1.82, 2.24) is 9.88 Å². The highest BCUT2D eigenvalue weighted by Crippen LogP contribution is 2.41. The number of aromatic nitrogens is 2. The van der Waals surface area contributed by atoms with Gasteiger partial charge in [-0.1, -0.05) is 17.7 Å². The van der Waals surface area contributed by atoms with Gasteiger partial charge in [0, 0.05) is 23.4 Å². The third-order valence-corrected chi connectivity index (χ3v) is 6.50. The van der Waals surface area contributed by atoms with Crippen molar-refractivity contribution in [3.63, 3.8) is 0 Å². The normalized spacial score (nSPS) is 17.8. The number of likely N-dealkylation sites (tertiary alicyclic amines) is 1. The summed E-state index contributed by atoms with van der Waals surface area (Å²) in [5.74, 6) is -1.06. The largest absolute Gasteiger partial charge is 0.507 e. The number of ketones is 1. The first-order valence-corrected chi connectivity index (χ1v) is 11.5. The number of aromatic amines is 1. The minimum atomic E-state index is -0.694. The third kappa shape index (κ3) is 4.28. The van der Waals surface area contributed by atoms with Crippen LogP contribution < -0.4 is 9.30 Å². The van der Waals surface area contributed by atoms with E-state index in [9.17, 15) is 14.7 Å². The number of carbonyl (C=O) groups is 2. The molecule has 3 heterocycles. The van der Waals surface area contributed by atoms with E-state index in [0.717, 1.165) is 4.88 Å². The second kappa shape index (κ2) is 9.58. The van der Waals surface area contributed by atoms with Crippen molar-refractivity contribution in [2.75, 3.05) is 13.2 Å². The Kier molecular flexibility index (Phi) is 6.62. The zero-order chi connectivity index (χ0) is 22.7. The maximum atomic E-state index is 13.0. The molecule has 2 aromatic heterocycles. The summed E-state index contributed by atoms with van der Waals surface area (Å²) in [6.07, 6.45) is 6.22. The van der Waals surface area contributed by atoms with Crippen molar-refractivity contribution < 1.29 is 24.0 Å². The van der Waals surface area contributed by atoms with Crippen LogP contribution in [0.15, 0.2) is 60.0 Å². The average molecular weight is 473 g/mol. The van der Waals surface area contributed by atoms with Crippen LogP contribution >= 0.6 is 22.9 Å². The molecule has 9 heteroatoms. The average Bonchev–Trinajstić information content (AvgIpc) is 3.53. The van der Waals surface area contributed by atoms with E-state index in [-0.39, 0.29) is 11.3 Å². The number of thiophene rings is 1. The number of hydrogen-bond acceptors (Lipinski definition) is 5. The van der Waals surface area contributed by atoms with Crippen molar-refractivity contribution in [3.8, 4) is 5.75 Å². The number of halogens is 1. The number of nitrogens with one attached hydrogen (secondary N) is 1. The molecule has 2 N–H and O–H groups in total. The van der Waals surface area contributed by atoms with Gasteiger partial charge < -0.3 is 14.7 Å². The molecule has 1 atom stereocenters. The number of benzene rings is 1. The van der Waals surface area contributed by atoms with Crippen LogP contribution in [-0.2, 0) is 16.1 Å². The SMILES string of the molecule is CCOc1ccc(C(O)=C2C(=O)C(=O)N(CCC[n+]3cc[nH]c3)C2c2cccs2)cc1Cl. The van der Waals surface area contributed by atoms with Gasteiger partial charge in [0.05, 0.1) is 29.8 Å². The number of carbonyl (C=O) groups excluding carboxylic acids is 2. The fourth-order valence-electron chi connectivity index (χ4n) is 3.81. The van der Waals surface area contributed by atoms with E-state index >= 15 is 0 Å². The lowest BCUT2D eigenvalue weighted by Gasteiger charge is -2.23. The summed E-state index contributed by atoms with van der Waals surface area (Å²) >= 11 is 7.72. The fraction of sp³-hybridized carbons (Fsp3) is 0.261. The van der Waals surface area contributed by atoms with Gasteiger partial charge in [0.2, 0.25) is 6.33 Å². The van der Waals surface area contributed by atoms with E-state index in [1.165, 1.54) is 11.3 Å². The van der Waals surface area contributed by atoms with Crippen LogP contribution in [0.1, 0.15) is 29.8 Å². The van der Waals surface area contributed by atoms with Crippen molar-refractivity contribution in [3.05, 3.63) is 75.5 Å². The Hall–Kier alpha value is -3.10. The number of ether oxygens (including phenoxy) is 1. The molecular formula is C23H23ClN3O4S+. The van der Waals surface area contributed by atoms with Crippen LogP contribution in [0.5, 0.6) is 5.75 Å². The number of Topliss-reactive ketones (excluding diaryl/α,β-unsaturated/α-hetero) is 1. The molecule has 1 saturated heterocycles. The number of nitrogens with zero attached hydrogens (tertiary/aromatic N) is 2. The minimum Gasteiger partial charge on any atom is -0.507 e. The summed E-state index contributed by atoms with van der Waals surface area (Å²) in [5.41, 5.74) is 0.438. The molecule has 1 fully saturated rings. The van der Waals surface area contributed by atoms with Crippen LogP contribution in [0.25, 0.3) is 5.76 Å². The first kappa shape index (κ1) is 22.1. The highest BCUT2D eigenvalue weighted by Gasteiger charge is 2.46. The Balaban J connectivity index is 1.68. The number of aliphatic hydroxyl groups excluding tert-OH is 1. The van der Waals surface area contributed by atoms with Crippen molar-refractivity contribution in [2.24, 2.45) is 0 Å². The second-order valence-electron chi connectivity index (χ2n) is 7.29. The molecule has 1 aliphatic heterocycles. The smallest absolute Gasteiger partial charge is 0.295 e. The highest BCUT2D eigenvalue weighted by molar-refractivity contribution is 7.10. The Morgan fingerprint density at radius 3 is 2.84 bits per heavy atom. The first-order valence-electron chi connectivity index (χ1n) is 10.3. The lowest BCUT2D eigenvalue weighted by molar-refractivity contribution is -0.695. The molecule has 0 saturated carbocycles. The molecule has 4 rings (SSSR count). The Bertz CT molecular complexity index is 1140. The number of aryl methyl sites for hydroxylation is 1. The van der Waals surface area contributed by atoms with Gasteiger partial charge in [-0.2, -0.15) is 0 Å². The molecule has 3 aromatic rings. The summed E-state index contributed by atoms with van der Waals surface area (Å²) in [4.78, 5) is 31.3. The van der Waals surface area contributed by atoms with E-state index in [0.29, 0.717) is 42.5 Å². The monoisotopic (exact) mass is 472 g/mol. The predicted octanol–water partition coefficient (Wildman–Crippen LogP) is 3.93. The zero-order valence-corrected chi connectivity index (χ0v) is 19.0. The van der Waals surface area contributed by atoms with E-state index < -0.39 is 17.7 Å². The number of imidazole rings is 1. The molecule has 1 unspecified atom stereocenters. The molecular weight excluding hydrogens is 450 g/mol. The summed E-state index contributed by atoms with van der Waals surface area (Å²) in [7, 11) is 0. The molecule has 0 bridgehead atoms. The van der Waals surface area contributed by atoms with Gasteiger partial charge in [0.25, 0.3) is 11.7 Å². The maximum Gasteiger partial charge on any atom is 0.295 e. The highest BCUT2D eigenvalue weighted by atomic mass is 35.5. The van der Waals surface area contributed by atoms with E-state index in [1.54, 1.807) is 23.1 Å². The maximum absolute atomic E-state index is 13.0. The number of amides is 1. The Labute approximate surface area is 194 Å². The van der Waals surface area contributed by atoms with Crippen LogP contribution in [0.3, 0.4) is 0 Å². The lowest BCUT2D eigenvalue weighted by atomic mass is 9.99. The number of aliphatic hydroxyl groups is 1. The summed E-state index contributed by atoms with van der Waals surface area (Å²) < 4.78 is 7.42. The van der Waals surface area contributed by atoms with Gasteiger partial charge in [-0.05, 0) is 36.6 Å². The van der Waals surface area contributed by atoms with E-state index in [1.807, 2.05) is 47.7 Å². The fourth-order valence-corrected chi connectivity index (χ4v) is 4.89. The van der Waals surface area contributed by atoms with E-state index in [2.05, 4.69) is 4.98 Å². The molecule has 1 amide bonds. The number of hydrogen-bond donors (Lipinski definition) is 2. The van der Waals surface area contributed by atoms with Crippen LogP contribution in [0.2, 0.25) is 5.02 Å². The van der Waals surface area contributed by atoms with Gasteiger partial charge in [0.1, 0.15) is 23.9 Å². The van der Waals surface area contributed by atoms with Gasteiger partial charge >= 0.3 is 0 Å².